The second-order valence-corrected chi connectivity index (χ2v) is 8.76. The Bertz CT molecular complexity index is 743. The normalized spacial score (nSPS) is 22.7. The molecule has 24 heavy (non-hydrogen) atoms. The van der Waals surface area contributed by atoms with Gasteiger partial charge in [-0.25, -0.2) is 17.2 Å². The van der Waals surface area contributed by atoms with Crippen LogP contribution < -0.4 is 4.74 Å². The molecule has 2 fully saturated rings. The molecule has 2 heterocycles. The summed E-state index contributed by atoms with van der Waals surface area (Å²) in [6, 6.07) is 3.12. The summed E-state index contributed by atoms with van der Waals surface area (Å²) in [5, 5.41) is 0. The molecule has 2 aliphatic heterocycles. The summed E-state index contributed by atoms with van der Waals surface area (Å²) in [6.07, 6.45) is 0.500. The summed E-state index contributed by atoms with van der Waals surface area (Å²) in [4.78, 5) is 14.1. The molecule has 5 nitrogen and oxygen atoms in total. The van der Waals surface area contributed by atoms with Gasteiger partial charge in [0.1, 0.15) is 5.75 Å². The summed E-state index contributed by atoms with van der Waals surface area (Å²) in [5.74, 6) is -1.73. The fourth-order valence-corrected chi connectivity index (χ4v) is 5.80. The molecule has 1 aromatic carbocycles. The van der Waals surface area contributed by atoms with Crippen LogP contribution in [0.2, 0.25) is 0 Å². The van der Waals surface area contributed by atoms with E-state index in [2.05, 4.69) is 0 Å². The van der Waals surface area contributed by atoms with Crippen molar-refractivity contribution in [2.75, 3.05) is 24.6 Å². The quantitative estimate of drug-likeness (QED) is 0.825. The first-order valence-electron chi connectivity index (χ1n) is 7.81. The number of piperidine rings is 1. The predicted octanol–water partition coefficient (Wildman–Crippen LogP) is 1.77. The zero-order valence-electron chi connectivity index (χ0n) is 13.3. The Kier molecular flexibility index (Phi) is 4.27. The van der Waals surface area contributed by atoms with Crippen LogP contribution in [0.4, 0.5) is 8.78 Å². The maximum absolute atomic E-state index is 13.2. The fraction of sp³-hybridized carbons (Fsp3) is 0.562. The minimum atomic E-state index is -2.89. The van der Waals surface area contributed by atoms with Gasteiger partial charge in [0.2, 0.25) is 0 Å². The Morgan fingerprint density at radius 1 is 1.21 bits per heavy atom. The van der Waals surface area contributed by atoms with Gasteiger partial charge >= 0.3 is 0 Å². The molecule has 0 radical (unpaired) electrons. The summed E-state index contributed by atoms with van der Waals surface area (Å²) in [6.45, 7) is 2.53. The number of nitrogens with zero attached hydrogens (tertiary/aromatic N) is 1. The molecular formula is C16H19F2NO4S. The molecule has 1 unspecified atom stereocenters. The molecule has 0 saturated carbocycles. The van der Waals surface area contributed by atoms with E-state index in [9.17, 15) is 22.0 Å². The SMILES string of the molecule is CC(Oc1ccc(F)c(F)c1)C(=O)N1CCC2(CC1)CS(=O)(=O)C2. The molecule has 0 aliphatic carbocycles. The molecule has 0 bridgehead atoms. The van der Waals surface area contributed by atoms with Gasteiger partial charge in [-0.05, 0) is 31.9 Å². The highest BCUT2D eigenvalue weighted by molar-refractivity contribution is 7.92. The number of likely N-dealkylation sites (tertiary alicyclic amines) is 1. The maximum atomic E-state index is 13.2. The topological polar surface area (TPSA) is 63.7 Å². The van der Waals surface area contributed by atoms with Crippen molar-refractivity contribution >= 4 is 15.7 Å². The molecule has 3 rings (SSSR count). The number of hydrogen-bond donors (Lipinski definition) is 0. The number of ether oxygens (including phenoxy) is 1. The van der Waals surface area contributed by atoms with E-state index in [1.807, 2.05) is 0 Å². The van der Waals surface area contributed by atoms with Crippen molar-refractivity contribution in [1.82, 2.24) is 4.90 Å². The first-order chi connectivity index (χ1) is 11.2. The highest BCUT2D eigenvalue weighted by Crippen LogP contribution is 2.42. The van der Waals surface area contributed by atoms with Crippen LogP contribution in [-0.2, 0) is 14.6 Å². The van der Waals surface area contributed by atoms with Crippen molar-refractivity contribution in [3.8, 4) is 5.75 Å². The van der Waals surface area contributed by atoms with Gasteiger partial charge in [-0.3, -0.25) is 4.79 Å². The molecule has 0 aromatic heterocycles. The van der Waals surface area contributed by atoms with E-state index in [4.69, 9.17) is 4.74 Å². The lowest BCUT2D eigenvalue weighted by Crippen LogP contribution is -2.56. The minimum absolute atomic E-state index is 0.0910. The van der Waals surface area contributed by atoms with Crippen molar-refractivity contribution in [3.05, 3.63) is 29.8 Å². The van der Waals surface area contributed by atoms with E-state index >= 15 is 0 Å². The summed E-state index contributed by atoms with van der Waals surface area (Å²) in [7, 11) is -2.89. The molecule has 1 aromatic rings. The third-order valence-electron chi connectivity index (χ3n) is 4.74. The van der Waals surface area contributed by atoms with E-state index in [0.29, 0.717) is 25.9 Å². The summed E-state index contributed by atoms with van der Waals surface area (Å²) >= 11 is 0. The number of halogens is 2. The lowest BCUT2D eigenvalue weighted by molar-refractivity contribution is -0.140. The van der Waals surface area contributed by atoms with Crippen LogP contribution in [0.3, 0.4) is 0 Å². The van der Waals surface area contributed by atoms with Crippen LogP contribution in [0.25, 0.3) is 0 Å². The molecular weight excluding hydrogens is 340 g/mol. The Labute approximate surface area is 139 Å². The van der Waals surface area contributed by atoms with Gasteiger partial charge in [0.25, 0.3) is 5.91 Å². The number of carbonyl (C=O) groups excluding carboxylic acids is 1. The highest BCUT2D eigenvalue weighted by Gasteiger charge is 2.50. The zero-order valence-corrected chi connectivity index (χ0v) is 14.1. The second-order valence-electron chi connectivity index (χ2n) is 6.69. The minimum Gasteiger partial charge on any atom is -0.481 e. The molecule has 2 saturated heterocycles. The van der Waals surface area contributed by atoms with Gasteiger partial charge in [-0.15, -0.1) is 0 Å². The Balaban J connectivity index is 1.56. The van der Waals surface area contributed by atoms with E-state index in [1.165, 1.54) is 6.07 Å². The van der Waals surface area contributed by atoms with Crippen LogP contribution in [0.5, 0.6) is 5.75 Å². The first kappa shape index (κ1) is 17.1. The number of amides is 1. The molecule has 8 heteroatoms. The Morgan fingerprint density at radius 2 is 1.83 bits per heavy atom. The number of sulfone groups is 1. The summed E-state index contributed by atoms with van der Waals surface area (Å²) in [5.41, 5.74) is -0.167. The van der Waals surface area contributed by atoms with Crippen molar-refractivity contribution in [1.29, 1.82) is 0 Å². The van der Waals surface area contributed by atoms with Crippen LogP contribution in [0, 0.1) is 17.0 Å². The second kappa shape index (κ2) is 5.98. The molecule has 132 valence electrons. The average molecular weight is 359 g/mol. The third kappa shape index (κ3) is 3.38. The number of benzene rings is 1. The van der Waals surface area contributed by atoms with Gasteiger partial charge in [0.15, 0.2) is 27.6 Å². The molecule has 1 amide bonds. The molecule has 1 spiro atoms. The smallest absolute Gasteiger partial charge is 0.263 e. The van der Waals surface area contributed by atoms with Gasteiger partial charge in [0.05, 0.1) is 11.5 Å². The maximum Gasteiger partial charge on any atom is 0.263 e. The van der Waals surface area contributed by atoms with Crippen LogP contribution in [0.15, 0.2) is 18.2 Å². The molecule has 2 aliphatic rings. The van der Waals surface area contributed by atoms with Crippen LogP contribution >= 0.6 is 0 Å². The molecule has 1 atom stereocenters. The lowest BCUT2D eigenvalue weighted by atomic mass is 9.81. The number of hydrogen-bond acceptors (Lipinski definition) is 4. The van der Waals surface area contributed by atoms with E-state index in [0.717, 1.165) is 12.1 Å². The Morgan fingerprint density at radius 3 is 2.38 bits per heavy atom. The standard InChI is InChI=1S/C16H19F2NO4S/c1-11(23-12-2-3-13(17)14(18)8-12)15(20)19-6-4-16(5-7-19)9-24(21,22)10-16/h2-3,8,11H,4-7,9-10H2,1H3. The lowest BCUT2D eigenvalue weighted by Gasteiger charge is -2.47. The van der Waals surface area contributed by atoms with Crippen molar-refractivity contribution in [2.24, 2.45) is 5.41 Å². The van der Waals surface area contributed by atoms with Gasteiger partial charge in [-0.1, -0.05) is 0 Å². The zero-order chi connectivity index (χ0) is 17.5. The van der Waals surface area contributed by atoms with Crippen molar-refractivity contribution in [2.45, 2.75) is 25.9 Å². The number of rotatable bonds is 3. The first-order valence-corrected chi connectivity index (χ1v) is 9.63. The van der Waals surface area contributed by atoms with Crippen molar-refractivity contribution < 1.29 is 26.7 Å². The van der Waals surface area contributed by atoms with Gasteiger partial charge in [-0.2, -0.15) is 0 Å². The van der Waals surface area contributed by atoms with Crippen LogP contribution in [0.1, 0.15) is 19.8 Å². The highest BCUT2D eigenvalue weighted by atomic mass is 32.2. The average Bonchev–Trinajstić information content (AvgIpc) is 2.49. The van der Waals surface area contributed by atoms with Gasteiger partial charge in [0, 0.05) is 24.6 Å². The van der Waals surface area contributed by atoms with Gasteiger partial charge < -0.3 is 9.64 Å². The Hall–Kier alpha value is -1.70. The molecule has 0 N–H and O–H groups in total. The van der Waals surface area contributed by atoms with E-state index in [1.54, 1.807) is 11.8 Å². The van der Waals surface area contributed by atoms with Crippen LogP contribution in [-0.4, -0.2) is 49.9 Å². The number of carbonyl (C=O) groups is 1. The predicted molar refractivity (Wildman–Crippen MR) is 83.3 cm³/mol. The fourth-order valence-electron chi connectivity index (χ4n) is 3.44. The largest absolute Gasteiger partial charge is 0.481 e. The van der Waals surface area contributed by atoms with E-state index in [-0.39, 0.29) is 28.6 Å². The van der Waals surface area contributed by atoms with E-state index < -0.39 is 27.6 Å². The third-order valence-corrected chi connectivity index (χ3v) is 6.84. The summed E-state index contributed by atoms with van der Waals surface area (Å²) < 4.78 is 54.2. The monoisotopic (exact) mass is 359 g/mol. The van der Waals surface area contributed by atoms with Crippen molar-refractivity contribution in [3.63, 3.8) is 0 Å².